The average molecular weight is 316 g/mol. The summed E-state index contributed by atoms with van der Waals surface area (Å²) < 4.78 is 0. The minimum atomic E-state index is -0.515. The van der Waals surface area contributed by atoms with Crippen molar-refractivity contribution in [3.05, 3.63) is 63.7 Å². The fourth-order valence-electron chi connectivity index (χ4n) is 1.82. The van der Waals surface area contributed by atoms with E-state index in [1.807, 2.05) is 0 Å². The van der Waals surface area contributed by atoms with Crippen LogP contribution in [0, 0.1) is 26.6 Å². The molecule has 0 heterocycles. The first-order valence-corrected chi connectivity index (χ1v) is 6.37. The summed E-state index contributed by atoms with van der Waals surface area (Å²) in [5, 5.41) is 30.8. The Bertz CT molecular complexity index is 719. The van der Waals surface area contributed by atoms with Crippen molar-refractivity contribution in [3.8, 4) is 5.75 Å². The van der Waals surface area contributed by atoms with E-state index in [4.69, 9.17) is 22.2 Å². The second kappa shape index (κ2) is 8.08. The Kier molecular flexibility index (Phi) is 6.17. The quantitative estimate of drug-likeness (QED) is 0.163. The number of phenols is 1. The fraction of sp³-hybridized carbons (Fsp3) is 0.0714. The monoisotopic (exact) mass is 316 g/mol. The molecule has 0 saturated heterocycles. The van der Waals surface area contributed by atoms with Crippen LogP contribution in [0.5, 0.6) is 5.75 Å². The summed E-state index contributed by atoms with van der Waals surface area (Å²) in [7, 11) is 0. The molecule has 0 aliphatic rings. The number of rotatable bonds is 5. The van der Waals surface area contributed by atoms with Crippen LogP contribution in [0.15, 0.2) is 42.5 Å². The standard InChI is InChI=1S/C14H14N4O3.H2N2/c15-14(16)9-2-1-3-11(6-9)17-8-10-7-12(18(20)21)4-5-13(10)19;1-2/h1-7,17,19H,8H2,(H3,15,16);1-2H. The summed E-state index contributed by atoms with van der Waals surface area (Å²) >= 11 is 0. The Labute approximate surface area is 131 Å². The van der Waals surface area contributed by atoms with Gasteiger partial charge >= 0.3 is 0 Å². The van der Waals surface area contributed by atoms with Crippen LogP contribution < -0.4 is 11.1 Å². The molecule has 0 saturated carbocycles. The number of amidine groups is 1. The number of nitrogens with two attached hydrogens (primary N) is 1. The number of hydrogen-bond acceptors (Lipinski definition) is 7. The van der Waals surface area contributed by atoms with Crippen molar-refractivity contribution >= 4 is 17.2 Å². The smallest absolute Gasteiger partial charge is 0.270 e. The van der Waals surface area contributed by atoms with Crippen molar-refractivity contribution < 1.29 is 10.0 Å². The molecule has 7 N–H and O–H groups in total. The number of anilines is 1. The van der Waals surface area contributed by atoms with Crippen molar-refractivity contribution in [1.82, 2.24) is 0 Å². The van der Waals surface area contributed by atoms with E-state index < -0.39 is 4.92 Å². The van der Waals surface area contributed by atoms with E-state index in [9.17, 15) is 15.2 Å². The Hall–Kier alpha value is -3.49. The maximum absolute atomic E-state index is 10.7. The van der Waals surface area contributed by atoms with E-state index in [2.05, 4.69) is 5.32 Å². The highest BCUT2D eigenvalue weighted by Gasteiger charge is 2.10. The number of benzene rings is 2. The largest absolute Gasteiger partial charge is 0.508 e. The minimum absolute atomic E-state index is 0.0178. The van der Waals surface area contributed by atoms with Gasteiger partial charge in [-0.15, -0.1) is 0 Å². The predicted octanol–water partition coefficient (Wildman–Crippen LogP) is 2.79. The Balaban J connectivity index is 0.00000127. The molecule has 0 spiro atoms. The van der Waals surface area contributed by atoms with Gasteiger partial charge in [-0.05, 0) is 18.2 Å². The first-order chi connectivity index (χ1) is 11.0. The van der Waals surface area contributed by atoms with Crippen LogP contribution in [0.3, 0.4) is 0 Å². The van der Waals surface area contributed by atoms with Crippen molar-refractivity contribution in [1.29, 1.82) is 16.5 Å². The van der Waals surface area contributed by atoms with Gasteiger partial charge in [0.2, 0.25) is 0 Å². The number of nitrogens with one attached hydrogen (secondary N) is 4. The molecular formula is C14H16N6O3. The summed E-state index contributed by atoms with van der Waals surface area (Å²) in [6.07, 6.45) is 0. The molecular weight excluding hydrogens is 300 g/mol. The highest BCUT2D eigenvalue weighted by Crippen LogP contribution is 2.24. The first-order valence-electron chi connectivity index (χ1n) is 6.37. The summed E-state index contributed by atoms with van der Waals surface area (Å²) in [6, 6.07) is 10.8. The molecule has 0 unspecified atom stereocenters. The van der Waals surface area contributed by atoms with Crippen LogP contribution in [-0.2, 0) is 6.54 Å². The lowest BCUT2D eigenvalue weighted by Crippen LogP contribution is -2.11. The first kappa shape index (κ1) is 17.6. The van der Waals surface area contributed by atoms with Gasteiger partial charge in [0, 0.05) is 35.5 Å². The van der Waals surface area contributed by atoms with Crippen molar-refractivity contribution in [3.63, 3.8) is 0 Å². The number of non-ortho nitro benzene ring substituents is 1. The molecule has 23 heavy (non-hydrogen) atoms. The van der Waals surface area contributed by atoms with E-state index in [1.54, 1.807) is 24.3 Å². The Morgan fingerprint density at radius 1 is 1.26 bits per heavy atom. The topological polar surface area (TPSA) is 173 Å². The fourth-order valence-corrected chi connectivity index (χ4v) is 1.82. The van der Waals surface area contributed by atoms with Crippen molar-refractivity contribution in [2.24, 2.45) is 5.73 Å². The van der Waals surface area contributed by atoms with Crippen LogP contribution in [0.25, 0.3) is 0 Å². The van der Waals surface area contributed by atoms with E-state index in [0.29, 0.717) is 16.8 Å². The van der Waals surface area contributed by atoms with E-state index in [-0.39, 0.29) is 23.8 Å². The number of nitrogens with zero attached hydrogens (tertiary/aromatic N) is 1. The molecule has 120 valence electrons. The van der Waals surface area contributed by atoms with Gasteiger partial charge in [-0.1, -0.05) is 12.1 Å². The molecule has 2 aromatic rings. The van der Waals surface area contributed by atoms with Gasteiger partial charge in [0.25, 0.3) is 5.69 Å². The van der Waals surface area contributed by atoms with E-state index in [1.165, 1.54) is 18.2 Å². The zero-order valence-corrected chi connectivity index (χ0v) is 12.0. The molecule has 0 aromatic heterocycles. The lowest BCUT2D eigenvalue weighted by Gasteiger charge is -2.09. The van der Waals surface area contributed by atoms with Crippen LogP contribution in [-0.4, -0.2) is 15.9 Å². The number of nitrogen functional groups attached to an aromatic ring is 1. The van der Waals surface area contributed by atoms with Gasteiger partial charge in [0.05, 0.1) is 4.92 Å². The molecule has 0 aliphatic carbocycles. The second-order valence-electron chi connectivity index (χ2n) is 4.42. The lowest BCUT2D eigenvalue weighted by atomic mass is 10.1. The molecule has 9 nitrogen and oxygen atoms in total. The van der Waals surface area contributed by atoms with Gasteiger partial charge in [0.15, 0.2) is 0 Å². The zero-order valence-electron chi connectivity index (χ0n) is 12.0. The van der Waals surface area contributed by atoms with Crippen LogP contribution in [0.4, 0.5) is 11.4 Å². The molecule has 2 aromatic carbocycles. The summed E-state index contributed by atoms with van der Waals surface area (Å²) in [4.78, 5) is 10.2. The van der Waals surface area contributed by atoms with Crippen LogP contribution in [0.1, 0.15) is 11.1 Å². The highest BCUT2D eigenvalue weighted by molar-refractivity contribution is 5.95. The molecule has 2 rings (SSSR count). The van der Waals surface area contributed by atoms with Crippen molar-refractivity contribution in [2.45, 2.75) is 6.54 Å². The van der Waals surface area contributed by atoms with Crippen LogP contribution in [0.2, 0.25) is 0 Å². The number of phenolic OH excluding ortho intramolecular Hbond substituents is 1. The van der Waals surface area contributed by atoms with Gasteiger partial charge in [0.1, 0.15) is 11.6 Å². The second-order valence-corrected chi connectivity index (χ2v) is 4.42. The molecule has 0 radical (unpaired) electrons. The molecule has 0 atom stereocenters. The van der Waals surface area contributed by atoms with Gasteiger partial charge in [-0.25, -0.2) is 11.1 Å². The molecule has 0 aliphatic heterocycles. The maximum Gasteiger partial charge on any atom is 0.270 e. The van der Waals surface area contributed by atoms with Gasteiger partial charge in [-0.3, -0.25) is 15.5 Å². The normalized spacial score (nSPS) is 9.39. The third kappa shape index (κ3) is 4.77. The minimum Gasteiger partial charge on any atom is -0.508 e. The van der Waals surface area contributed by atoms with E-state index >= 15 is 0 Å². The lowest BCUT2D eigenvalue weighted by molar-refractivity contribution is -0.384. The van der Waals surface area contributed by atoms with E-state index in [0.717, 1.165) is 0 Å². The summed E-state index contributed by atoms with van der Waals surface area (Å²) in [5.74, 6) is -0.0623. The number of aromatic hydroxyl groups is 1. The SMILES string of the molecule is N=C(N)c1cccc(NCc2cc([N+](=O)[O-])ccc2O)c1.N=N. The molecule has 0 fully saturated rings. The average Bonchev–Trinajstić information content (AvgIpc) is 2.56. The Morgan fingerprint density at radius 3 is 2.57 bits per heavy atom. The van der Waals surface area contributed by atoms with Crippen molar-refractivity contribution in [2.75, 3.05) is 5.32 Å². The maximum atomic E-state index is 10.7. The van der Waals surface area contributed by atoms with Crippen LogP contribution >= 0.6 is 0 Å². The highest BCUT2D eigenvalue weighted by atomic mass is 16.6. The number of nitro groups is 1. The number of hydrogen-bond donors (Lipinski definition) is 6. The molecule has 0 bridgehead atoms. The molecule has 9 heteroatoms. The molecule has 0 amide bonds. The summed E-state index contributed by atoms with van der Waals surface area (Å²) in [5.41, 5.74) is 17.0. The predicted molar refractivity (Wildman–Crippen MR) is 85.0 cm³/mol. The van der Waals surface area contributed by atoms with Gasteiger partial charge < -0.3 is 16.2 Å². The third-order valence-corrected chi connectivity index (χ3v) is 2.93. The zero-order chi connectivity index (χ0) is 17.4. The Morgan fingerprint density at radius 2 is 1.96 bits per heavy atom. The third-order valence-electron chi connectivity index (χ3n) is 2.93. The number of nitro benzene ring substituents is 1. The van der Waals surface area contributed by atoms with Gasteiger partial charge in [-0.2, -0.15) is 0 Å². The summed E-state index contributed by atoms with van der Waals surface area (Å²) in [6.45, 7) is 0.217.